The highest BCUT2D eigenvalue weighted by molar-refractivity contribution is 5.71. The van der Waals surface area contributed by atoms with Gasteiger partial charge in [-0.25, -0.2) is 0 Å². The first kappa shape index (κ1) is 26.0. The smallest absolute Gasteiger partial charge is 0.310 e. The van der Waals surface area contributed by atoms with E-state index in [2.05, 4.69) is 23.4 Å². The van der Waals surface area contributed by atoms with E-state index in [-0.39, 0.29) is 18.4 Å². The van der Waals surface area contributed by atoms with E-state index in [4.69, 9.17) is 14.2 Å². The van der Waals surface area contributed by atoms with E-state index in [1.54, 1.807) is 7.11 Å². The van der Waals surface area contributed by atoms with Gasteiger partial charge < -0.3 is 18.9 Å². The van der Waals surface area contributed by atoms with Crippen LogP contribution < -0.4 is 9.47 Å². The Morgan fingerprint density at radius 2 is 1.27 bits per heavy atom. The molecule has 2 aromatic carbocycles. The van der Waals surface area contributed by atoms with Crippen LogP contribution in [0.5, 0.6) is 11.5 Å². The van der Waals surface area contributed by atoms with Gasteiger partial charge in [0.25, 0.3) is 0 Å². The van der Waals surface area contributed by atoms with Crippen LogP contribution in [0.2, 0.25) is 0 Å². The van der Waals surface area contributed by atoms with Crippen LogP contribution in [0.15, 0.2) is 61.4 Å². The Labute approximate surface area is 196 Å². The number of rotatable bonds is 16. The lowest BCUT2D eigenvalue weighted by Gasteiger charge is -2.08. The van der Waals surface area contributed by atoms with Gasteiger partial charge in [0.2, 0.25) is 0 Å². The summed E-state index contributed by atoms with van der Waals surface area (Å²) in [7, 11) is 1.66. The second-order valence-electron chi connectivity index (χ2n) is 7.60. The molecule has 0 aliphatic rings. The number of methoxy groups -OCH3 is 1. The van der Waals surface area contributed by atoms with Crippen LogP contribution in [-0.4, -0.2) is 32.3 Å². The fraction of sp³-hybridized carbons (Fsp3) is 0.407. The lowest BCUT2D eigenvalue weighted by molar-refractivity contribution is -0.144. The summed E-state index contributed by atoms with van der Waals surface area (Å²) >= 11 is 0. The molecule has 0 bridgehead atoms. The number of esters is 2. The van der Waals surface area contributed by atoms with Crippen molar-refractivity contribution in [3.8, 4) is 22.6 Å². The third-order valence-corrected chi connectivity index (χ3v) is 5.07. The van der Waals surface area contributed by atoms with Crippen LogP contribution in [0.3, 0.4) is 0 Å². The normalized spacial score (nSPS) is 10.3. The summed E-state index contributed by atoms with van der Waals surface area (Å²) in [6.07, 6.45) is 6.75. The Morgan fingerprint density at radius 1 is 0.727 bits per heavy atom. The maximum absolute atomic E-state index is 11.7. The first-order chi connectivity index (χ1) is 16.1. The van der Waals surface area contributed by atoms with Gasteiger partial charge in [0.1, 0.15) is 11.5 Å². The number of unbranched alkanes of at least 4 members (excludes halogenated alkanes) is 4. The largest absolute Gasteiger partial charge is 0.497 e. The molecule has 33 heavy (non-hydrogen) atoms. The average molecular weight is 455 g/mol. The van der Waals surface area contributed by atoms with Crippen molar-refractivity contribution in [3.63, 3.8) is 0 Å². The zero-order valence-corrected chi connectivity index (χ0v) is 19.4. The summed E-state index contributed by atoms with van der Waals surface area (Å²) in [5, 5.41) is 0. The molecule has 0 aliphatic heterocycles. The zero-order chi connectivity index (χ0) is 23.7. The van der Waals surface area contributed by atoms with Crippen molar-refractivity contribution in [1.82, 2.24) is 0 Å². The predicted molar refractivity (Wildman–Crippen MR) is 128 cm³/mol. The molecule has 2 rings (SSSR count). The second-order valence-corrected chi connectivity index (χ2v) is 7.60. The molecule has 0 saturated heterocycles. The summed E-state index contributed by atoms with van der Waals surface area (Å²) in [5.74, 6) is 1.16. The third kappa shape index (κ3) is 10.7. The quantitative estimate of drug-likeness (QED) is 0.174. The van der Waals surface area contributed by atoms with Crippen molar-refractivity contribution in [2.75, 3.05) is 20.3 Å². The first-order valence-corrected chi connectivity index (χ1v) is 11.5. The van der Waals surface area contributed by atoms with E-state index in [0.29, 0.717) is 32.5 Å². The zero-order valence-electron chi connectivity index (χ0n) is 19.4. The van der Waals surface area contributed by atoms with E-state index in [9.17, 15) is 9.59 Å². The fourth-order valence-electron chi connectivity index (χ4n) is 3.22. The van der Waals surface area contributed by atoms with Gasteiger partial charge in [-0.2, -0.15) is 0 Å². The molecule has 0 spiro atoms. The van der Waals surface area contributed by atoms with Crippen molar-refractivity contribution >= 4 is 11.9 Å². The van der Waals surface area contributed by atoms with E-state index in [1.807, 2.05) is 36.4 Å². The van der Waals surface area contributed by atoms with Crippen molar-refractivity contribution in [3.05, 3.63) is 61.4 Å². The molecule has 178 valence electrons. The van der Waals surface area contributed by atoms with Crippen LogP contribution in [0.1, 0.15) is 51.4 Å². The summed E-state index contributed by atoms with van der Waals surface area (Å²) in [6.45, 7) is 4.42. The number of hydrogen-bond donors (Lipinski definition) is 0. The Kier molecular flexibility index (Phi) is 12.2. The van der Waals surface area contributed by atoms with Crippen LogP contribution in [0, 0.1) is 0 Å². The van der Waals surface area contributed by atoms with Crippen LogP contribution in [-0.2, 0) is 19.1 Å². The summed E-state index contributed by atoms with van der Waals surface area (Å²) < 4.78 is 20.9. The van der Waals surface area contributed by atoms with Crippen molar-refractivity contribution < 1.29 is 28.5 Å². The van der Waals surface area contributed by atoms with Crippen LogP contribution in [0.25, 0.3) is 11.1 Å². The van der Waals surface area contributed by atoms with Gasteiger partial charge in [0.15, 0.2) is 0 Å². The maximum Gasteiger partial charge on any atom is 0.310 e. The molecule has 0 aromatic heterocycles. The molecule has 0 atom stereocenters. The van der Waals surface area contributed by atoms with Gasteiger partial charge in [-0.1, -0.05) is 30.8 Å². The lowest BCUT2D eigenvalue weighted by atomic mass is 10.1. The lowest BCUT2D eigenvalue weighted by Crippen LogP contribution is -2.06. The molecule has 6 nitrogen and oxygen atoms in total. The van der Waals surface area contributed by atoms with Gasteiger partial charge in [-0.05, 0) is 73.9 Å². The number of hydrogen-bond acceptors (Lipinski definition) is 6. The maximum atomic E-state index is 11.7. The molecule has 0 fully saturated rings. The monoisotopic (exact) mass is 454 g/mol. The summed E-state index contributed by atoms with van der Waals surface area (Å²) in [5.41, 5.74) is 2.27. The van der Waals surface area contributed by atoms with Gasteiger partial charge in [0.05, 0.1) is 26.6 Å². The van der Waals surface area contributed by atoms with Crippen molar-refractivity contribution in [2.24, 2.45) is 0 Å². The molecule has 0 heterocycles. The van der Waals surface area contributed by atoms with Crippen LogP contribution in [0.4, 0.5) is 0 Å². The minimum Gasteiger partial charge on any atom is -0.497 e. The van der Waals surface area contributed by atoms with Gasteiger partial charge in [-0.15, -0.1) is 0 Å². The molecule has 0 aliphatic carbocycles. The summed E-state index contributed by atoms with van der Waals surface area (Å²) in [4.78, 5) is 22.8. The molecular weight excluding hydrogens is 420 g/mol. The third-order valence-electron chi connectivity index (χ3n) is 5.07. The predicted octanol–water partition coefficient (Wildman–Crippen LogP) is 6.09. The van der Waals surface area contributed by atoms with Crippen molar-refractivity contribution in [2.45, 2.75) is 51.4 Å². The highest BCUT2D eigenvalue weighted by Gasteiger charge is 2.05. The fourth-order valence-corrected chi connectivity index (χ4v) is 3.22. The Hall–Kier alpha value is -3.28. The molecule has 6 heteroatoms. The number of benzene rings is 2. The van der Waals surface area contributed by atoms with Crippen molar-refractivity contribution in [1.29, 1.82) is 0 Å². The first-order valence-electron chi connectivity index (χ1n) is 11.5. The second kappa shape index (κ2) is 15.5. The van der Waals surface area contributed by atoms with Gasteiger partial charge in [-0.3, -0.25) is 9.59 Å². The minimum atomic E-state index is -0.326. The molecular formula is C27H34O6. The number of ether oxygens (including phenoxy) is 4. The standard InChI is InChI=1S/C27H34O6/c1-3-31-26(28)10-6-7-11-27(29)33-21-9-5-4-8-20-32-25-18-14-23(15-19-25)22-12-16-24(30-2)17-13-22/h3,12-19H,1,4-11,20-21H2,2H3. The number of carbonyl (C=O) groups excluding carboxylic acids is 2. The Bertz CT molecular complexity index is 842. The van der Waals surface area contributed by atoms with E-state index in [1.165, 1.54) is 0 Å². The SMILES string of the molecule is C=COC(=O)CCCCC(=O)OCCCCCCOc1ccc(-c2ccc(OC)cc2)cc1. The number of carbonyl (C=O) groups is 2. The molecule has 0 unspecified atom stereocenters. The Balaban J connectivity index is 1.48. The summed E-state index contributed by atoms with van der Waals surface area (Å²) in [6, 6.07) is 16.1. The minimum absolute atomic E-state index is 0.214. The highest BCUT2D eigenvalue weighted by atomic mass is 16.5. The molecule has 0 saturated carbocycles. The molecule has 0 amide bonds. The highest BCUT2D eigenvalue weighted by Crippen LogP contribution is 2.24. The molecule has 0 radical (unpaired) electrons. The van der Waals surface area contributed by atoms with Crippen LogP contribution >= 0.6 is 0 Å². The molecule has 0 N–H and O–H groups in total. The van der Waals surface area contributed by atoms with E-state index >= 15 is 0 Å². The topological polar surface area (TPSA) is 71.1 Å². The average Bonchev–Trinajstić information content (AvgIpc) is 2.84. The molecule has 2 aromatic rings. The van der Waals surface area contributed by atoms with E-state index in [0.717, 1.165) is 54.6 Å². The Morgan fingerprint density at radius 3 is 1.85 bits per heavy atom. The van der Waals surface area contributed by atoms with E-state index < -0.39 is 0 Å². The van der Waals surface area contributed by atoms with Gasteiger partial charge in [0, 0.05) is 12.8 Å². The van der Waals surface area contributed by atoms with Gasteiger partial charge >= 0.3 is 11.9 Å².